The number of nitrogens with zero attached hydrogens (tertiary/aromatic N) is 1. The second-order valence-electron chi connectivity index (χ2n) is 5.16. The molecule has 1 saturated carbocycles. The summed E-state index contributed by atoms with van der Waals surface area (Å²) in [5.41, 5.74) is 4.43. The predicted molar refractivity (Wildman–Crippen MR) is 72.7 cm³/mol. The average molecular weight is 320 g/mol. The van der Waals surface area contributed by atoms with Crippen LogP contribution in [-0.2, 0) is 15.7 Å². The Morgan fingerprint density at radius 2 is 2.14 bits per heavy atom. The number of halogens is 3. The molecule has 0 spiro atoms. The van der Waals surface area contributed by atoms with E-state index in [-0.39, 0.29) is 28.6 Å². The fourth-order valence-electron chi connectivity index (χ4n) is 1.92. The molecule has 4 nitrogen and oxygen atoms in total. The van der Waals surface area contributed by atoms with E-state index in [2.05, 4.69) is 9.72 Å². The molecule has 0 amide bonds. The Labute approximate surface area is 124 Å². The minimum atomic E-state index is -4.45. The number of thioether (sulfide) groups is 1. The first kappa shape index (κ1) is 15.9. The van der Waals surface area contributed by atoms with Crippen LogP contribution in [0.5, 0.6) is 0 Å². The van der Waals surface area contributed by atoms with Crippen molar-refractivity contribution in [1.29, 1.82) is 0 Å². The zero-order valence-electron chi connectivity index (χ0n) is 11.4. The lowest BCUT2D eigenvalue weighted by atomic mass is 10.1. The Morgan fingerprint density at radius 1 is 1.48 bits per heavy atom. The van der Waals surface area contributed by atoms with Gasteiger partial charge in [0.15, 0.2) is 0 Å². The molecule has 1 aliphatic rings. The molecule has 0 atom stereocenters. The minimum Gasteiger partial charge on any atom is -0.469 e. The van der Waals surface area contributed by atoms with Crippen LogP contribution in [0.4, 0.5) is 19.0 Å². The van der Waals surface area contributed by atoms with Crippen LogP contribution < -0.4 is 5.73 Å². The summed E-state index contributed by atoms with van der Waals surface area (Å²) in [4.78, 5) is 15.2. The van der Waals surface area contributed by atoms with Gasteiger partial charge in [-0.2, -0.15) is 13.2 Å². The Bertz CT molecular complexity index is 545. The van der Waals surface area contributed by atoms with Crippen molar-refractivity contribution >= 4 is 23.5 Å². The summed E-state index contributed by atoms with van der Waals surface area (Å²) in [5.74, 6) is 0.0605. The van der Waals surface area contributed by atoms with Gasteiger partial charge in [-0.05, 0) is 30.4 Å². The van der Waals surface area contributed by atoms with Gasteiger partial charge in [0.25, 0.3) is 0 Å². The SMILES string of the molecule is COC(=O)CC1(CSc2cc(C(F)(F)F)cc(N)n2)CC1. The molecule has 0 aliphatic heterocycles. The van der Waals surface area contributed by atoms with Crippen LogP contribution in [0.15, 0.2) is 17.2 Å². The van der Waals surface area contributed by atoms with E-state index >= 15 is 0 Å². The number of aromatic nitrogens is 1. The zero-order chi connectivity index (χ0) is 15.7. The molecule has 1 fully saturated rings. The van der Waals surface area contributed by atoms with Crippen molar-refractivity contribution in [2.75, 3.05) is 18.6 Å². The number of hydrogen-bond acceptors (Lipinski definition) is 5. The zero-order valence-corrected chi connectivity index (χ0v) is 12.2. The van der Waals surface area contributed by atoms with Gasteiger partial charge in [0.2, 0.25) is 0 Å². The summed E-state index contributed by atoms with van der Waals surface area (Å²) in [6.45, 7) is 0. The highest BCUT2D eigenvalue weighted by atomic mass is 32.2. The summed E-state index contributed by atoms with van der Waals surface area (Å²) < 4.78 is 42.7. The summed E-state index contributed by atoms with van der Waals surface area (Å²) in [5, 5.41) is 0.221. The number of ether oxygens (including phenoxy) is 1. The molecule has 0 radical (unpaired) electrons. The number of carbonyl (C=O) groups excluding carboxylic acids is 1. The molecule has 1 aromatic heterocycles. The Hall–Kier alpha value is -1.44. The van der Waals surface area contributed by atoms with Crippen LogP contribution in [0.3, 0.4) is 0 Å². The molecule has 21 heavy (non-hydrogen) atoms. The molecule has 8 heteroatoms. The summed E-state index contributed by atoms with van der Waals surface area (Å²) in [6, 6.07) is 1.79. The standard InChI is InChI=1S/C13H15F3N2O2S/c1-20-11(19)6-12(2-3-12)7-21-10-5-8(13(14,15)16)4-9(17)18-10/h4-5H,2-3,6-7H2,1H3,(H2,17,18). The van der Waals surface area contributed by atoms with E-state index in [9.17, 15) is 18.0 Å². The van der Waals surface area contributed by atoms with Gasteiger partial charge >= 0.3 is 12.1 Å². The third-order valence-corrected chi connectivity index (χ3v) is 4.64. The maximum absolute atomic E-state index is 12.7. The van der Waals surface area contributed by atoms with Crippen molar-refractivity contribution in [3.63, 3.8) is 0 Å². The molecule has 0 bridgehead atoms. The van der Waals surface area contributed by atoms with Crippen molar-refractivity contribution in [2.45, 2.75) is 30.5 Å². The maximum atomic E-state index is 12.7. The number of nitrogens with two attached hydrogens (primary N) is 1. The molecular weight excluding hydrogens is 305 g/mol. The number of esters is 1. The molecule has 0 unspecified atom stereocenters. The number of methoxy groups -OCH3 is 1. The molecule has 0 saturated heterocycles. The summed E-state index contributed by atoms with van der Waals surface area (Å²) in [6.07, 6.45) is -2.44. The van der Waals surface area contributed by atoms with Crippen LogP contribution in [0, 0.1) is 5.41 Å². The lowest BCUT2D eigenvalue weighted by molar-refractivity contribution is -0.142. The Morgan fingerprint density at radius 3 is 2.67 bits per heavy atom. The largest absolute Gasteiger partial charge is 0.469 e. The van der Waals surface area contributed by atoms with Gasteiger partial charge in [0.05, 0.1) is 24.1 Å². The minimum absolute atomic E-state index is 0.162. The van der Waals surface area contributed by atoms with E-state index in [0.717, 1.165) is 25.0 Å². The van der Waals surface area contributed by atoms with Crippen molar-refractivity contribution < 1.29 is 22.7 Å². The van der Waals surface area contributed by atoms with Crippen LogP contribution in [-0.4, -0.2) is 23.8 Å². The summed E-state index contributed by atoms with van der Waals surface area (Å²) >= 11 is 1.19. The average Bonchev–Trinajstić information content (AvgIpc) is 3.15. The second-order valence-corrected chi connectivity index (χ2v) is 6.15. The quantitative estimate of drug-likeness (QED) is 0.667. The van der Waals surface area contributed by atoms with E-state index in [0.29, 0.717) is 5.75 Å². The van der Waals surface area contributed by atoms with Gasteiger partial charge in [-0.25, -0.2) is 4.98 Å². The van der Waals surface area contributed by atoms with E-state index in [1.165, 1.54) is 18.9 Å². The van der Waals surface area contributed by atoms with Crippen molar-refractivity contribution in [2.24, 2.45) is 5.41 Å². The number of alkyl halides is 3. The number of pyridine rings is 1. The molecule has 116 valence electrons. The number of hydrogen-bond donors (Lipinski definition) is 1. The van der Waals surface area contributed by atoms with E-state index in [4.69, 9.17) is 5.73 Å². The van der Waals surface area contributed by atoms with Gasteiger partial charge in [0.1, 0.15) is 5.82 Å². The number of rotatable bonds is 5. The van der Waals surface area contributed by atoms with Gasteiger partial charge in [-0.3, -0.25) is 4.79 Å². The van der Waals surface area contributed by atoms with Crippen LogP contribution in [0.2, 0.25) is 0 Å². The van der Waals surface area contributed by atoms with Crippen LogP contribution in [0.25, 0.3) is 0 Å². The number of nitrogen functional groups attached to an aromatic ring is 1. The van der Waals surface area contributed by atoms with Crippen LogP contribution >= 0.6 is 11.8 Å². The monoisotopic (exact) mass is 320 g/mol. The molecular formula is C13H15F3N2O2S. The lowest BCUT2D eigenvalue weighted by Gasteiger charge is -2.14. The molecule has 1 aliphatic carbocycles. The first-order chi connectivity index (χ1) is 9.74. The highest BCUT2D eigenvalue weighted by Crippen LogP contribution is 2.52. The van der Waals surface area contributed by atoms with Crippen molar-refractivity contribution in [1.82, 2.24) is 4.98 Å². The second kappa shape index (κ2) is 5.75. The Balaban J connectivity index is 2.04. The first-order valence-corrected chi connectivity index (χ1v) is 7.27. The predicted octanol–water partition coefficient (Wildman–Crippen LogP) is 3.12. The third kappa shape index (κ3) is 4.26. The highest BCUT2D eigenvalue weighted by molar-refractivity contribution is 7.99. The molecule has 1 aromatic rings. The Kier molecular flexibility index (Phi) is 4.36. The maximum Gasteiger partial charge on any atom is 0.416 e. The van der Waals surface area contributed by atoms with Gasteiger partial charge in [-0.15, -0.1) is 11.8 Å². The third-order valence-electron chi connectivity index (χ3n) is 3.38. The molecule has 2 rings (SSSR count). The fourth-order valence-corrected chi connectivity index (χ4v) is 3.14. The van der Waals surface area contributed by atoms with Gasteiger partial charge in [-0.1, -0.05) is 0 Å². The highest BCUT2D eigenvalue weighted by Gasteiger charge is 2.44. The number of anilines is 1. The molecule has 0 aromatic carbocycles. The van der Waals surface area contributed by atoms with Gasteiger partial charge < -0.3 is 10.5 Å². The normalized spacial score (nSPS) is 16.6. The first-order valence-electron chi connectivity index (χ1n) is 6.28. The smallest absolute Gasteiger partial charge is 0.416 e. The van der Waals surface area contributed by atoms with E-state index < -0.39 is 11.7 Å². The van der Waals surface area contributed by atoms with Crippen molar-refractivity contribution in [3.8, 4) is 0 Å². The van der Waals surface area contributed by atoms with Gasteiger partial charge in [0, 0.05) is 5.75 Å². The van der Waals surface area contributed by atoms with Crippen LogP contribution in [0.1, 0.15) is 24.8 Å². The van der Waals surface area contributed by atoms with Crippen molar-refractivity contribution in [3.05, 3.63) is 17.7 Å². The van der Waals surface area contributed by atoms with E-state index in [1.807, 2.05) is 0 Å². The topological polar surface area (TPSA) is 65.2 Å². The summed E-state index contributed by atoms with van der Waals surface area (Å²) in [7, 11) is 1.32. The molecule has 1 heterocycles. The number of carbonyl (C=O) groups is 1. The van der Waals surface area contributed by atoms with E-state index in [1.54, 1.807) is 0 Å². The fraction of sp³-hybridized carbons (Fsp3) is 0.538. The lowest BCUT2D eigenvalue weighted by Crippen LogP contribution is -2.13. The molecule has 2 N–H and O–H groups in total.